The third-order valence-electron chi connectivity index (χ3n) is 5.99. The minimum Gasteiger partial charge on any atom is -0.492 e. The van der Waals surface area contributed by atoms with Gasteiger partial charge in [0.15, 0.2) is 0 Å². The Morgan fingerprint density at radius 1 is 1.12 bits per heavy atom. The molecule has 33 heavy (non-hydrogen) atoms. The normalized spacial score (nSPS) is 19.0. The van der Waals surface area contributed by atoms with Crippen LogP contribution in [-0.4, -0.2) is 71.3 Å². The fraction of sp³-hybridized carbons (Fsp3) is 0.458. The van der Waals surface area contributed by atoms with Gasteiger partial charge < -0.3 is 19.3 Å². The lowest BCUT2D eigenvalue weighted by atomic mass is 10.1. The third-order valence-corrected chi connectivity index (χ3v) is 7.41. The first-order valence-electron chi connectivity index (χ1n) is 11.5. The van der Waals surface area contributed by atoms with Gasteiger partial charge in [0, 0.05) is 44.9 Å². The minimum atomic E-state index is -3.71. The van der Waals surface area contributed by atoms with E-state index in [0.717, 1.165) is 24.3 Å². The predicted molar refractivity (Wildman–Crippen MR) is 126 cm³/mol. The first-order chi connectivity index (χ1) is 16.0. The highest BCUT2D eigenvalue weighted by molar-refractivity contribution is 7.89. The fourth-order valence-corrected chi connectivity index (χ4v) is 5.33. The molecule has 2 aliphatic heterocycles. The van der Waals surface area contributed by atoms with E-state index in [1.54, 1.807) is 17.0 Å². The summed E-state index contributed by atoms with van der Waals surface area (Å²) in [5.74, 6) is 0.678. The molecule has 2 saturated heterocycles. The summed E-state index contributed by atoms with van der Waals surface area (Å²) in [6.07, 6.45) is 1.71. The van der Waals surface area contributed by atoms with Gasteiger partial charge in [-0.2, -0.15) is 0 Å². The molecule has 4 rings (SSSR count). The Hall–Kier alpha value is -2.62. The highest BCUT2D eigenvalue weighted by Gasteiger charge is 2.25. The quantitative estimate of drug-likeness (QED) is 0.634. The average Bonchev–Trinajstić information content (AvgIpc) is 3.37. The number of hydrogen-bond acceptors (Lipinski definition) is 6. The molecule has 1 amide bonds. The summed E-state index contributed by atoms with van der Waals surface area (Å²) in [4.78, 5) is 17.2. The van der Waals surface area contributed by atoms with E-state index in [2.05, 4.69) is 9.62 Å². The number of nitrogens with one attached hydrogen (secondary N) is 1. The van der Waals surface area contributed by atoms with E-state index in [9.17, 15) is 13.2 Å². The summed E-state index contributed by atoms with van der Waals surface area (Å²) < 4.78 is 39.3. The van der Waals surface area contributed by atoms with Crippen LogP contribution in [0, 0.1) is 0 Å². The molecule has 1 unspecified atom stereocenters. The molecule has 9 heteroatoms. The SMILES string of the molecule is CCOc1ccccc1N1CCN(C(=O)c2cccc(S(=O)(=O)NCC3CCCO3)c2)CC1. The monoisotopic (exact) mass is 473 g/mol. The van der Waals surface area contributed by atoms with E-state index in [1.807, 2.05) is 31.2 Å². The van der Waals surface area contributed by atoms with E-state index in [4.69, 9.17) is 9.47 Å². The van der Waals surface area contributed by atoms with Crippen molar-refractivity contribution in [2.45, 2.75) is 30.8 Å². The molecule has 1 atom stereocenters. The second-order valence-electron chi connectivity index (χ2n) is 8.19. The highest BCUT2D eigenvalue weighted by atomic mass is 32.2. The molecular weight excluding hydrogens is 442 g/mol. The molecule has 1 N–H and O–H groups in total. The number of carbonyl (C=O) groups is 1. The third kappa shape index (κ3) is 5.66. The maximum absolute atomic E-state index is 13.1. The van der Waals surface area contributed by atoms with Crippen LogP contribution in [-0.2, 0) is 14.8 Å². The van der Waals surface area contributed by atoms with E-state index in [-0.39, 0.29) is 23.5 Å². The molecule has 2 heterocycles. The number of amides is 1. The van der Waals surface area contributed by atoms with Crippen molar-refractivity contribution in [2.24, 2.45) is 0 Å². The summed E-state index contributed by atoms with van der Waals surface area (Å²) >= 11 is 0. The Balaban J connectivity index is 1.39. The van der Waals surface area contributed by atoms with Crippen molar-refractivity contribution in [3.05, 3.63) is 54.1 Å². The van der Waals surface area contributed by atoms with Crippen LogP contribution in [0.1, 0.15) is 30.1 Å². The Morgan fingerprint density at radius 2 is 1.91 bits per heavy atom. The van der Waals surface area contributed by atoms with Crippen LogP contribution < -0.4 is 14.4 Å². The molecule has 2 aromatic rings. The first kappa shape index (κ1) is 23.5. The number of benzene rings is 2. The number of anilines is 1. The van der Waals surface area contributed by atoms with Gasteiger partial charge in [-0.05, 0) is 50.1 Å². The topological polar surface area (TPSA) is 88.2 Å². The Labute approximate surface area is 195 Å². The van der Waals surface area contributed by atoms with E-state index in [0.29, 0.717) is 45.0 Å². The van der Waals surface area contributed by atoms with Gasteiger partial charge in [-0.3, -0.25) is 4.79 Å². The van der Waals surface area contributed by atoms with Crippen molar-refractivity contribution < 1.29 is 22.7 Å². The lowest BCUT2D eigenvalue weighted by Crippen LogP contribution is -2.49. The first-order valence-corrected chi connectivity index (χ1v) is 12.9. The maximum Gasteiger partial charge on any atom is 0.254 e. The van der Waals surface area contributed by atoms with Crippen LogP contribution in [0.2, 0.25) is 0 Å². The van der Waals surface area contributed by atoms with Crippen LogP contribution in [0.15, 0.2) is 53.4 Å². The van der Waals surface area contributed by atoms with Crippen LogP contribution in [0.4, 0.5) is 5.69 Å². The van der Waals surface area contributed by atoms with Gasteiger partial charge in [0.2, 0.25) is 10.0 Å². The summed E-state index contributed by atoms with van der Waals surface area (Å²) in [6.45, 7) is 5.91. The zero-order valence-electron chi connectivity index (χ0n) is 18.9. The van der Waals surface area contributed by atoms with Gasteiger partial charge in [-0.25, -0.2) is 13.1 Å². The summed E-state index contributed by atoms with van der Waals surface area (Å²) in [6, 6.07) is 14.2. The lowest BCUT2D eigenvalue weighted by Gasteiger charge is -2.36. The number of piperazine rings is 1. The predicted octanol–water partition coefficient (Wildman–Crippen LogP) is 2.51. The van der Waals surface area contributed by atoms with Crippen molar-refractivity contribution in [1.29, 1.82) is 0 Å². The molecule has 2 aliphatic rings. The Bertz CT molecular complexity index is 1060. The smallest absolute Gasteiger partial charge is 0.254 e. The van der Waals surface area contributed by atoms with E-state index < -0.39 is 10.0 Å². The van der Waals surface area contributed by atoms with Crippen LogP contribution in [0.5, 0.6) is 5.75 Å². The van der Waals surface area contributed by atoms with Crippen LogP contribution in [0.25, 0.3) is 0 Å². The molecule has 0 saturated carbocycles. The molecule has 2 fully saturated rings. The number of nitrogens with zero attached hydrogens (tertiary/aromatic N) is 2. The number of carbonyl (C=O) groups excluding carboxylic acids is 1. The molecule has 0 radical (unpaired) electrons. The second kappa shape index (κ2) is 10.5. The largest absolute Gasteiger partial charge is 0.492 e. The van der Waals surface area contributed by atoms with Crippen molar-refractivity contribution in [3.8, 4) is 5.75 Å². The van der Waals surface area contributed by atoms with E-state index >= 15 is 0 Å². The molecule has 2 aromatic carbocycles. The Morgan fingerprint density at radius 3 is 2.64 bits per heavy atom. The highest BCUT2D eigenvalue weighted by Crippen LogP contribution is 2.29. The molecule has 0 bridgehead atoms. The Kier molecular flexibility index (Phi) is 7.52. The van der Waals surface area contributed by atoms with Crippen molar-refractivity contribution in [1.82, 2.24) is 9.62 Å². The summed E-state index contributed by atoms with van der Waals surface area (Å²) in [7, 11) is -3.71. The van der Waals surface area contributed by atoms with Crippen LogP contribution in [0.3, 0.4) is 0 Å². The minimum absolute atomic E-state index is 0.0891. The van der Waals surface area contributed by atoms with E-state index in [1.165, 1.54) is 12.1 Å². The van der Waals surface area contributed by atoms with Gasteiger partial charge in [0.25, 0.3) is 5.91 Å². The van der Waals surface area contributed by atoms with Crippen molar-refractivity contribution >= 4 is 21.6 Å². The van der Waals surface area contributed by atoms with Gasteiger partial charge in [-0.1, -0.05) is 18.2 Å². The summed E-state index contributed by atoms with van der Waals surface area (Å²) in [5, 5.41) is 0. The van der Waals surface area contributed by atoms with Gasteiger partial charge in [0.05, 0.1) is 23.3 Å². The average molecular weight is 474 g/mol. The van der Waals surface area contributed by atoms with Crippen molar-refractivity contribution in [2.75, 3.05) is 50.8 Å². The molecule has 178 valence electrons. The molecular formula is C24H31N3O5S. The summed E-state index contributed by atoms with van der Waals surface area (Å²) in [5.41, 5.74) is 1.40. The van der Waals surface area contributed by atoms with Gasteiger partial charge in [-0.15, -0.1) is 0 Å². The zero-order chi connectivity index (χ0) is 23.3. The van der Waals surface area contributed by atoms with Gasteiger partial charge in [0.1, 0.15) is 5.75 Å². The number of sulfonamides is 1. The fourth-order valence-electron chi connectivity index (χ4n) is 4.22. The lowest BCUT2D eigenvalue weighted by molar-refractivity contribution is 0.0746. The second-order valence-corrected chi connectivity index (χ2v) is 9.96. The standard InChI is InChI=1S/C24H31N3O5S/c1-2-31-23-11-4-3-10-22(23)26-12-14-27(15-13-26)24(28)19-7-5-9-21(17-19)33(29,30)25-18-20-8-6-16-32-20/h3-5,7,9-11,17,20,25H,2,6,8,12-16,18H2,1H3. The molecule has 8 nitrogen and oxygen atoms in total. The molecule has 0 aromatic heterocycles. The number of ether oxygens (including phenoxy) is 2. The molecule has 0 aliphatic carbocycles. The van der Waals surface area contributed by atoms with Gasteiger partial charge >= 0.3 is 0 Å². The van der Waals surface area contributed by atoms with Crippen molar-refractivity contribution in [3.63, 3.8) is 0 Å². The number of rotatable bonds is 8. The number of para-hydroxylation sites is 2. The molecule has 0 spiro atoms. The van der Waals surface area contributed by atoms with Crippen LogP contribution >= 0.6 is 0 Å². The maximum atomic E-state index is 13.1. The number of hydrogen-bond donors (Lipinski definition) is 1. The zero-order valence-corrected chi connectivity index (χ0v) is 19.7.